The predicted octanol–water partition coefficient (Wildman–Crippen LogP) is 3.02. The average molecular weight is 339 g/mol. The molecular formula is C14H22F2O5P+. The molecular weight excluding hydrogens is 317 g/mol. The Morgan fingerprint density at radius 2 is 1.64 bits per heavy atom. The Hall–Kier alpha value is -0.980. The number of halogens is 2. The third-order valence-electron chi connectivity index (χ3n) is 3.34. The summed E-state index contributed by atoms with van der Waals surface area (Å²) in [6.07, 6.45) is -3.85. The zero-order valence-corrected chi connectivity index (χ0v) is 13.4. The number of aliphatic hydroxyl groups excluding tert-OH is 1. The van der Waals surface area contributed by atoms with E-state index in [9.17, 15) is 13.9 Å². The molecule has 1 unspecified atom stereocenters. The summed E-state index contributed by atoms with van der Waals surface area (Å²) in [5.41, 5.74) is -0.269. The fourth-order valence-corrected chi connectivity index (χ4v) is 1.99. The van der Waals surface area contributed by atoms with Crippen LogP contribution in [0.4, 0.5) is 8.78 Å². The Kier molecular flexibility index (Phi) is 10.2. The van der Waals surface area contributed by atoms with E-state index >= 15 is 0 Å². The third kappa shape index (κ3) is 7.33. The van der Waals surface area contributed by atoms with Gasteiger partial charge in [0.2, 0.25) is 0 Å². The van der Waals surface area contributed by atoms with Gasteiger partial charge in [-0.1, -0.05) is 44.2 Å². The number of alkyl halides is 2. The maximum atomic E-state index is 12.7. The lowest BCUT2D eigenvalue weighted by Gasteiger charge is -2.36. The normalized spacial score (nSPS) is 12.5. The van der Waals surface area contributed by atoms with Gasteiger partial charge in [0.15, 0.2) is 0 Å². The maximum absolute atomic E-state index is 12.7. The highest BCUT2D eigenvalue weighted by Crippen LogP contribution is 2.29. The molecule has 126 valence electrons. The van der Waals surface area contributed by atoms with Crippen molar-refractivity contribution in [2.75, 3.05) is 0 Å². The van der Waals surface area contributed by atoms with Gasteiger partial charge in [-0.25, -0.2) is 8.78 Å². The lowest BCUT2D eigenvalue weighted by atomic mass is 9.90. The highest BCUT2D eigenvalue weighted by atomic mass is 31.1. The highest BCUT2D eigenvalue weighted by Gasteiger charge is 2.41. The van der Waals surface area contributed by atoms with Crippen LogP contribution in [0.1, 0.15) is 32.3 Å². The molecule has 0 saturated carbocycles. The van der Waals surface area contributed by atoms with E-state index in [0.717, 1.165) is 5.56 Å². The molecule has 0 saturated heterocycles. The van der Waals surface area contributed by atoms with Crippen LogP contribution in [0.15, 0.2) is 30.3 Å². The number of ether oxygens (including phenoxy) is 1. The third-order valence-corrected chi connectivity index (χ3v) is 3.34. The molecule has 1 rings (SSSR count). The van der Waals surface area contributed by atoms with Gasteiger partial charge in [0.25, 0.3) is 6.43 Å². The summed E-state index contributed by atoms with van der Waals surface area (Å²) in [4.78, 5) is 14.2. The Labute approximate surface area is 129 Å². The van der Waals surface area contributed by atoms with Crippen LogP contribution in [0.3, 0.4) is 0 Å². The fourth-order valence-electron chi connectivity index (χ4n) is 1.99. The van der Waals surface area contributed by atoms with Gasteiger partial charge in [-0.3, -0.25) is 0 Å². The minimum Gasteiger partial charge on any atom is -0.384 e. The Morgan fingerprint density at radius 1 is 1.18 bits per heavy atom. The Morgan fingerprint density at radius 3 is 2.00 bits per heavy atom. The van der Waals surface area contributed by atoms with Crippen LogP contribution in [-0.4, -0.2) is 33.0 Å². The molecule has 1 aromatic carbocycles. The van der Waals surface area contributed by atoms with Crippen LogP contribution in [0.5, 0.6) is 0 Å². The van der Waals surface area contributed by atoms with Crippen LogP contribution in [0.2, 0.25) is 0 Å². The molecule has 22 heavy (non-hydrogen) atoms. The van der Waals surface area contributed by atoms with Gasteiger partial charge in [-0.15, -0.1) is 9.79 Å². The fraction of sp³-hybridized carbons (Fsp3) is 0.571. The highest BCUT2D eigenvalue weighted by molar-refractivity contribution is 7.30. The summed E-state index contributed by atoms with van der Waals surface area (Å²) in [5.74, 6) is 0. The van der Waals surface area contributed by atoms with Crippen LogP contribution >= 0.6 is 8.25 Å². The van der Waals surface area contributed by atoms with E-state index in [0.29, 0.717) is 12.8 Å². The molecule has 0 spiro atoms. The van der Waals surface area contributed by atoms with Gasteiger partial charge in [-0.05, 0) is 18.4 Å². The van der Waals surface area contributed by atoms with Gasteiger partial charge in [0.05, 0.1) is 12.2 Å². The second-order valence-electron chi connectivity index (χ2n) is 4.58. The van der Waals surface area contributed by atoms with Gasteiger partial charge in [-0.2, -0.15) is 0 Å². The van der Waals surface area contributed by atoms with Crippen molar-refractivity contribution in [2.45, 2.75) is 51.4 Å². The largest absolute Gasteiger partial charge is 0.692 e. The lowest BCUT2D eigenvalue weighted by molar-refractivity contribution is -0.177. The summed E-state index contributed by atoms with van der Waals surface area (Å²) in [7, 11) is -2.87. The zero-order chi connectivity index (χ0) is 17.2. The molecule has 1 atom stereocenters. The van der Waals surface area contributed by atoms with Crippen molar-refractivity contribution in [3.8, 4) is 0 Å². The van der Waals surface area contributed by atoms with Crippen molar-refractivity contribution < 1.29 is 33.0 Å². The standard InChI is InChI=1S/C14H20F2O2.HO3P/c1-3-14(4-2,12(17)13(15)16)18-10-11-8-6-5-7-9-11;1-4(2)3/h5-9,12-13,17H,3-4,10H2,1-2H3;(H-,1,2,3)/p+1. The first-order valence-corrected chi connectivity index (χ1v) is 7.94. The van der Waals surface area contributed by atoms with Crippen molar-refractivity contribution in [3.63, 3.8) is 0 Å². The van der Waals surface area contributed by atoms with Crippen molar-refractivity contribution in [3.05, 3.63) is 35.9 Å². The molecule has 1 aromatic rings. The first-order valence-electron chi connectivity index (χ1n) is 6.78. The molecule has 8 heteroatoms. The van der Waals surface area contributed by atoms with Gasteiger partial charge < -0.3 is 9.84 Å². The van der Waals surface area contributed by atoms with E-state index in [1.807, 2.05) is 30.3 Å². The van der Waals surface area contributed by atoms with E-state index < -0.39 is 26.4 Å². The van der Waals surface area contributed by atoms with E-state index in [4.69, 9.17) is 19.1 Å². The smallest absolute Gasteiger partial charge is 0.384 e. The molecule has 0 radical (unpaired) electrons. The van der Waals surface area contributed by atoms with Crippen LogP contribution in [-0.2, 0) is 15.9 Å². The van der Waals surface area contributed by atoms with E-state index in [1.165, 1.54) is 0 Å². The minimum atomic E-state index is -2.87. The summed E-state index contributed by atoms with van der Waals surface area (Å²) in [5, 5.41) is 9.64. The van der Waals surface area contributed by atoms with Crippen LogP contribution in [0.25, 0.3) is 0 Å². The Balaban J connectivity index is 0.000000980. The van der Waals surface area contributed by atoms with Gasteiger partial charge in [0, 0.05) is 4.57 Å². The molecule has 0 aliphatic rings. The summed E-state index contributed by atoms with van der Waals surface area (Å²) >= 11 is 0. The van der Waals surface area contributed by atoms with Crippen molar-refractivity contribution in [1.29, 1.82) is 0 Å². The monoisotopic (exact) mass is 339 g/mol. The van der Waals surface area contributed by atoms with Crippen LogP contribution < -0.4 is 0 Å². The maximum Gasteiger partial charge on any atom is 0.692 e. The van der Waals surface area contributed by atoms with E-state index in [1.54, 1.807) is 13.8 Å². The van der Waals surface area contributed by atoms with Crippen LogP contribution in [0, 0.1) is 0 Å². The number of rotatable bonds is 7. The second kappa shape index (κ2) is 10.7. The predicted molar refractivity (Wildman–Crippen MR) is 78.6 cm³/mol. The summed E-state index contributed by atoms with van der Waals surface area (Å²) in [6.45, 7) is 3.73. The Bertz CT molecular complexity index is 423. The first-order chi connectivity index (χ1) is 10.3. The molecule has 0 amide bonds. The molecule has 5 nitrogen and oxygen atoms in total. The average Bonchev–Trinajstić information content (AvgIpc) is 2.49. The number of aliphatic hydroxyl groups is 1. The summed E-state index contributed by atoms with van der Waals surface area (Å²) in [6, 6.07) is 9.34. The zero-order valence-electron chi connectivity index (χ0n) is 12.5. The van der Waals surface area contributed by atoms with E-state index in [2.05, 4.69) is 0 Å². The molecule has 0 aromatic heterocycles. The number of benzene rings is 1. The van der Waals surface area contributed by atoms with Gasteiger partial charge in [0.1, 0.15) is 6.10 Å². The molecule has 0 bridgehead atoms. The number of hydrogen-bond donors (Lipinski definition) is 3. The molecule has 0 aliphatic heterocycles. The quantitative estimate of drug-likeness (QED) is 0.665. The lowest BCUT2D eigenvalue weighted by Crippen LogP contribution is -2.47. The molecule has 0 fully saturated rings. The molecule has 0 heterocycles. The molecule has 0 aliphatic carbocycles. The first kappa shape index (κ1) is 21.0. The SMILES string of the molecule is CCC(CC)(OCc1ccccc1)C(O)C(F)F.O=[P+](O)O. The van der Waals surface area contributed by atoms with Crippen molar-refractivity contribution >= 4 is 8.25 Å². The molecule has 3 N–H and O–H groups in total. The van der Waals surface area contributed by atoms with Crippen molar-refractivity contribution in [2.24, 2.45) is 0 Å². The van der Waals surface area contributed by atoms with E-state index in [-0.39, 0.29) is 6.61 Å². The van der Waals surface area contributed by atoms with Gasteiger partial charge >= 0.3 is 8.25 Å². The minimum absolute atomic E-state index is 0.228. The van der Waals surface area contributed by atoms with Crippen molar-refractivity contribution in [1.82, 2.24) is 0 Å². The topological polar surface area (TPSA) is 87.0 Å². The second-order valence-corrected chi connectivity index (χ2v) is 5.08. The number of hydrogen-bond acceptors (Lipinski definition) is 3. The summed E-state index contributed by atoms with van der Waals surface area (Å²) < 4.78 is 39.7.